The monoisotopic (exact) mass is 264 g/mol. The third kappa shape index (κ3) is 5.16. The lowest BCUT2D eigenvalue weighted by Crippen LogP contribution is -2.50. The maximum Gasteiger partial charge on any atom is 0.320 e. The molecular weight excluding hydrogens is 248 g/mol. The summed E-state index contributed by atoms with van der Waals surface area (Å²) in [7, 11) is 1.08. The van der Waals surface area contributed by atoms with Crippen LogP contribution in [0.2, 0.25) is 0 Å². The third-order valence-electron chi connectivity index (χ3n) is 1.92. The van der Waals surface area contributed by atoms with Crippen molar-refractivity contribution in [3.05, 3.63) is 0 Å². The summed E-state index contributed by atoms with van der Waals surface area (Å²) in [5, 5.41) is 1.89. The molecule has 0 fully saturated rings. The Hall–Kier alpha value is -1.59. The standard InChI is InChI=1S/C8H16N4O6/c1-16-8(15)4(2-17-10)6(13)12-7(14)5(9)3-18-11/h4-5H,2-3,9-11H2,1H3,(H,12,13,14)/t4-,5-/m1/s1. The van der Waals surface area contributed by atoms with Gasteiger partial charge in [0.2, 0.25) is 11.8 Å². The molecule has 0 rings (SSSR count). The number of imide groups is 1. The molecule has 104 valence electrons. The fraction of sp³-hybridized carbons (Fsp3) is 0.625. The summed E-state index contributed by atoms with van der Waals surface area (Å²) >= 11 is 0. The summed E-state index contributed by atoms with van der Waals surface area (Å²) in [5.41, 5.74) is 5.32. The molecule has 0 aliphatic carbocycles. The van der Waals surface area contributed by atoms with Gasteiger partial charge >= 0.3 is 5.97 Å². The minimum Gasteiger partial charge on any atom is -0.468 e. The molecule has 0 aromatic rings. The Morgan fingerprint density at radius 2 is 1.67 bits per heavy atom. The van der Waals surface area contributed by atoms with E-state index in [4.69, 9.17) is 17.5 Å². The molecule has 0 bridgehead atoms. The van der Waals surface area contributed by atoms with Crippen molar-refractivity contribution in [2.24, 2.45) is 23.4 Å². The molecule has 2 atom stereocenters. The van der Waals surface area contributed by atoms with Gasteiger partial charge in [0.15, 0.2) is 5.92 Å². The Labute approximate surface area is 103 Å². The fourth-order valence-electron chi connectivity index (χ4n) is 0.970. The molecule has 0 aliphatic rings. The number of hydrogen-bond acceptors (Lipinski definition) is 9. The Balaban J connectivity index is 4.50. The highest BCUT2D eigenvalue weighted by atomic mass is 16.6. The van der Waals surface area contributed by atoms with Gasteiger partial charge in [-0.2, -0.15) is 0 Å². The highest BCUT2D eigenvalue weighted by Crippen LogP contribution is 2.00. The predicted octanol–water partition coefficient (Wildman–Crippen LogP) is -3.47. The minimum atomic E-state index is -1.37. The second kappa shape index (κ2) is 8.49. The van der Waals surface area contributed by atoms with E-state index >= 15 is 0 Å². The zero-order chi connectivity index (χ0) is 14.1. The molecule has 0 saturated carbocycles. The molecule has 18 heavy (non-hydrogen) atoms. The molecule has 0 aromatic carbocycles. The van der Waals surface area contributed by atoms with Gasteiger partial charge in [-0.15, -0.1) is 0 Å². The Morgan fingerprint density at radius 1 is 1.11 bits per heavy atom. The van der Waals surface area contributed by atoms with Gasteiger partial charge in [-0.3, -0.25) is 19.7 Å². The summed E-state index contributed by atoms with van der Waals surface area (Å²) < 4.78 is 4.35. The van der Waals surface area contributed by atoms with Gasteiger partial charge in [0.25, 0.3) is 0 Å². The van der Waals surface area contributed by atoms with E-state index < -0.39 is 36.4 Å². The number of nitrogens with one attached hydrogen (secondary N) is 1. The van der Waals surface area contributed by atoms with E-state index in [1.54, 1.807) is 0 Å². The lowest BCUT2D eigenvalue weighted by molar-refractivity contribution is -0.153. The van der Waals surface area contributed by atoms with Crippen LogP contribution < -0.4 is 22.8 Å². The van der Waals surface area contributed by atoms with Crippen LogP contribution in [0.1, 0.15) is 0 Å². The number of ether oxygens (including phenoxy) is 1. The van der Waals surface area contributed by atoms with E-state index in [9.17, 15) is 14.4 Å². The predicted molar refractivity (Wildman–Crippen MR) is 56.9 cm³/mol. The lowest BCUT2D eigenvalue weighted by atomic mass is 10.1. The number of carbonyl (C=O) groups excluding carboxylic acids is 3. The van der Waals surface area contributed by atoms with Gasteiger partial charge < -0.3 is 20.1 Å². The van der Waals surface area contributed by atoms with Gasteiger partial charge in [0, 0.05) is 0 Å². The van der Waals surface area contributed by atoms with Gasteiger partial charge in [-0.25, -0.2) is 11.8 Å². The van der Waals surface area contributed by atoms with Crippen LogP contribution in [0.3, 0.4) is 0 Å². The Bertz CT molecular complexity index is 310. The second-order valence-electron chi connectivity index (χ2n) is 3.20. The molecule has 10 heteroatoms. The number of esters is 1. The van der Waals surface area contributed by atoms with E-state index in [0.29, 0.717) is 0 Å². The molecule has 0 saturated heterocycles. The van der Waals surface area contributed by atoms with Crippen molar-refractivity contribution in [1.29, 1.82) is 0 Å². The first-order chi connectivity index (χ1) is 8.47. The lowest BCUT2D eigenvalue weighted by Gasteiger charge is -2.14. The number of hydrogen-bond donors (Lipinski definition) is 4. The van der Waals surface area contributed by atoms with Crippen LogP contribution in [0.4, 0.5) is 0 Å². The molecule has 0 heterocycles. The van der Waals surface area contributed by atoms with Crippen molar-refractivity contribution < 1.29 is 28.8 Å². The van der Waals surface area contributed by atoms with E-state index in [-0.39, 0.29) is 6.61 Å². The summed E-state index contributed by atoms with van der Waals surface area (Å²) in [4.78, 5) is 42.5. The molecule has 0 aliphatic heterocycles. The van der Waals surface area contributed by atoms with E-state index in [2.05, 4.69) is 14.4 Å². The quantitative estimate of drug-likeness (QED) is 0.207. The average Bonchev–Trinajstić information content (AvgIpc) is 2.34. The molecule has 2 amide bonds. The number of rotatable bonds is 7. The molecule has 7 N–H and O–H groups in total. The number of nitrogens with two attached hydrogens (primary N) is 3. The molecular formula is C8H16N4O6. The molecule has 0 aromatic heterocycles. The zero-order valence-corrected chi connectivity index (χ0v) is 9.75. The van der Waals surface area contributed by atoms with E-state index in [1.165, 1.54) is 0 Å². The van der Waals surface area contributed by atoms with E-state index in [1.807, 2.05) is 5.32 Å². The molecule has 0 radical (unpaired) electrons. The van der Waals surface area contributed by atoms with Crippen molar-refractivity contribution in [2.75, 3.05) is 20.3 Å². The summed E-state index contributed by atoms with van der Waals surface area (Å²) in [6.07, 6.45) is 0. The Morgan fingerprint density at radius 3 is 2.11 bits per heavy atom. The normalized spacial score (nSPS) is 13.6. The summed E-state index contributed by atoms with van der Waals surface area (Å²) in [6.45, 7) is -0.718. The van der Waals surface area contributed by atoms with Gasteiger partial charge in [0.1, 0.15) is 6.04 Å². The zero-order valence-electron chi connectivity index (χ0n) is 9.75. The first kappa shape index (κ1) is 16.4. The maximum atomic E-state index is 11.6. The Kier molecular flexibility index (Phi) is 7.74. The SMILES string of the molecule is COC(=O)[C@H](CON)C(=O)NC(=O)[C@H](N)CON. The van der Waals surface area contributed by atoms with Crippen LogP contribution in [0.25, 0.3) is 0 Å². The van der Waals surface area contributed by atoms with Crippen molar-refractivity contribution in [3.8, 4) is 0 Å². The highest BCUT2D eigenvalue weighted by molar-refractivity contribution is 6.06. The third-order valence-corrected chi connectivity index (χ3v) is 1.92. The maximum absolute atomic E-state index is 11.6. The first-order valence-electron chi connectivity index (χ1n) is 4.79. The average molecular weight is 264 g/mol. The number of amides is 2. The van der Waals surface area contributed by atoms with Crippen molar-refractivity contribution in [2.45, 2.75) is 6.04 Å². The summed E-state index contributed by atoms with van der Waals surface area (Å²) in [5.74, 6) is 5.43. The van der Waals surface area contributed by atoms with Crippen LogP contribution >= 0.6 is 0 Å². The highest BCUT2D eigenvalue weighted by Gasteiger charge is 2.30. The van der Waals surface area contributed by atoms with E-state index in [0.717, 1.165) is 7.11 Å². The van der Waals surface area contributed by atoms with Crippen molar-refractivity contribution in [3.63, 3.8) is 0 Å². The van der Waals surface area contributed by atoms with Crippen LogP contribution in [0, 0.1) is 5.92 Å². The van der Waals surface area contributed by atoms with Gasteiger partial charge in [-0.05, 0) is 0 Å². The smallest absolute Gasteiger partial charge is 0.320 e. The molecule has 0 spiro atoms. The molecule has 0 unspecified atom stereocenters. The van der Waals surface area contributed by atoms with Gasteiger partial charge in [-0.1, -0.05) is 0 Å². The largest absolute Gasteiger partial charge is 0.468 e. The van der Waals surface area contributed by atoms with Crippen molar-refractivity contribution >= 4 is 17.8 Å². The first-order valence-corrected chi connectivity index (χ1v) is 4.79. The second-order valence-corrected chi connectivity index (χ2v) is 3.20. The van der Waals surface area contributed by atoms with Gasteiger partial charge in [0.05, 0.1) is 20.3 Å². The van der Waals surface area contributed by atoms with Crippen molar-refractivity contribution in [1.82, 2.24) is 5.32 Å². The number of methoxy groups -OCH3 is 1. The summed E-state index contributed by atoms with van der Waals surface area (Å²) in [6, 6.07) is -1.14. The minimum absolute atomic E-state index is 0.282. The number of carbonyl (C=O) groups is 3. The topological polar surface area (TPSA) is 169 Å². The fourth-order valence-corrected chi connectivity index (χ4v) is 0.970. The van der Waals surface area contributed by atoms with Crippen LogP contribution in [-0.2, 0) is 28.8 Å². The van der Waals surface area contributed by atoms with Crippen LogP contribution in [0.5, 0.6) is 0 Å². The van der Waals surface area contributed by atoms with Crippen LogP contribution in [0.15, 0.2) is 0 Å². The van der Waals surface area contributed by atoms with Crippen LogP contribution in [-0.4, -0.2) is 44.1 Å². The molecule has 10 nitrogen and oxygen atoms in total.